The van der Waals surface area contributed by atoms with Crippen molar-refractivity contribution in [1.29, 1.82) is 0 Å². The molecule has 0 aliphatic heterocycles. The fourth-order valence-electron chi connectivity index (χ4n) is 0.915. The second-order valence-electron chi connectivity index (χ2n) is 3.09. The Morgan fingerprint density at radius 2 is 2.38 bits per heavy atom. The smallest absolute Gasteiger partial charge is 0.295 e. The number of nitrogens with one attached hydrogen (secondary N) is 1. The van der Waals surface area contributed by atoms with E-state index in [1.165, 1.54) is 6.26 Å². The number of nitrogens with zero attached hydrogens (tertiary/aromatic N) is 1. The quantitative estimate of drug-likeness (QED) is 0.723. The number of aromatic nitrogens is 1. The SMILES string of the molecule is CCNc1nc(C(=O)C(C)C)co1. The maximum absolute atomic E-state index is 11.4. The van der Waals surface area contributed by atoms with Crippen LogP contribution in [0.3, 0.4) is 0 Å². The Kier molecular flexibility index (Phi) is 3.06. The molecule has 1 aromatic rings. The summed E-state index contributed by atoms with van der Waals surface area (Å²) in [5.41, 5.74) is 0.394. The lowest BCUT2D eigenvalue weighted by atomic mass is 10.1. The van der Waals surface area contributed by atoms with E-state index < -0.39 is 0 Å². The van der Waals surface area contributed by atoms with Crippen LogP contribution in [0.1, 0.15) is 31.3 Å². The second-order valence-corrected chi connectivity index (χ2v) is 3.09. The van der Waals surface area contributed by atoms with Crippen molar-refractivity contribution in [3.8, 4) is 0 Å². The van der Waals surface area contributed by atoms with Crippen LogP contribution in [-0.2, 0) is 0 Å². The van der Waals surface area contributed by atoms with Gasteiger partial charge in [-0.3, -0.25) is 4.79 Å². The van der Waals surface area contributed by atoms with Crippen LogP contribution in [0.4, 0.5) is 6.01 Å². The molecule has 72 valence electrons. The zero-order valence-corrected chi connectivity index (χ0v) is 8.13. The standard InChI is InChI=1S/C9H14N2O2/c1-4-10-9-11-7(5-13-9)8(12)6(2)3/h5-6H,4H2,1-3H3,(H,10,11). The molecule has 0 saturated carbocycles. The Bertz CT molecular complexity index is 292. The number of ketones is 1. The first kappa shape index (κ1) is 9.77. The van der Waals surface area contributed by atoms with Crippen molar-refractivity contribution in [2.45, 2.75) is 20.8 Å². The van der Waals surface area contributed by atoms with Crippen molar-refractivity contribution in [2.75, 3.05) is 11.9 Å². The summed E-state index contributed by atoms with van der Waals surface area (Å²) in [6.07, 6.45) is 1.39. The summed E-state index contributed by atoms with van der Waals surface area (Å²) in [6, 6.07) is 0.409. The molecule has 1 rings (SSSR count). The minimum atomic E-state index is -0.0421. The van der Waals surface area contributed by atoms with E-state index in [9.17, 15) is 4.79 Å². The number of rotatable bonds is 4. The van der Waals surface area contributed by atoms with Gasteiger partial charge in [-0.1, -0.05) is 13.8 Å². The Balaban J connectivity index is 2.73. The van der Waals surface area contributed by atoms with Crippen LogP contribution in [0.25, 0.3) is 0 Å². The largest absolute Gasteiger partial charge is 0.431 e. The lowest BCUT2D eigenvalue weighted by Crippen LogP contribution is -2.08. The van der Waals surface area contributed by atoms with Crippen LogP contribution in [0.5, 0.6) is 0 Å². The van der Waals surface area contributed by atoms with Crippen LogP contribution in [0.2, 0.25) is 0 Å². The number of oxazole rings is 1. The first-order valence-electron chi connectivity index (χ1n) is 4.38. The van der Waals surface area contributed by atoms with Crippen LogP contribution < -0.4 is 5.32 Å². The molecule has 0 bridgehead atoms. The van der Waals surface area contributed by atoms with Crippen LogP contribution in [0.15, 0.2) is 10.7 Å². The first-order chi connectivity index (χ1) is 6.15. The molecule has 1 N–H and O–H groups in total. The Hall–Kier alpha value is -1.32. The first-order valence-corrected chi connectivity index (χ1v) is 4.38. The lowest BCUT2D eigenvalue weighted by molar-refractivity contribution is 0.0934. The predicted molar refractivity (Wildman–Crippen MR) is 49.8 cm³/mol. The average molecular weight is 182 g/mol. The highest BCUT2D eigenvalue weighted by molar-refractivity contribution is 5.95. The van der Waals surface area contributed by atoms with Gasteiger partial charge >= 0.3 is 0 Å². The number of hydrogen-bond donors (Lipinski definition) is 1. The molecular weight excluding hydrogens is 168 g/mol. The molecule has 0 aliphatic carbocycles. The summed E-state index contributed by atoms with van der Waals surface area (Å²) in [7, 11) is 0. The third-order valence-corrected chi connectivity index (χ3v) is 1.61. The minimum absolute atomic E-state index is 0.00732. The fourth-order valence-corrected chi connectivity index (χ4v) is 0.915. The van der Waals surface area contributed by atoms with E-state index in [1.54, 1.807) is 0 Å². The van der Waals surface area contributed by atoms with Crippen molar-refractivity contribution in [2.24, 2.45) is 5.92 Å². The number of carbonyl (C=O) groups is 1. The summed E-state index contributed by atoms with van der Waals surface area (Å²) in [6.45, 7) is 6.35. The van der Waals surface area contributed by atoms with Crippen LogP contribution in [-0.4, -0.2) is 17.3 Å². The monoisotopic (exact) mass is 182 g/mol. The summed E-state index contributed by atoms with van der Waals surface area (Å²) < 4.78 is 5.03. The third kappa shape index (κ3) is 2.31. The van der Waals surface area contributed by atoms with Gasteiger partial charge in [0.15, 0.2) is 5.78 Å². The van der Waals surface area contributed by atoms with Crippen molar-refractivity contribution in [3.05, 3.63) is 12.0 Å². The average Bonchev–Trinajstić information content (AvgIpc) is 2.52. The molecule has 0 aliphatic rings. The molecule has 0 spiro atoms. The minimum Gasteiger partial charge on any atom is -0.431 e. The van der Waals surface area contributed by atoms with Gasteiger partial charge in [0.2, 0.25) is 0 Å². The van der Waals surface area contributed by atoms with Crippen molar-refractivity contribution >= 4 is 11.8 Å². The highest BCUT2D eigenvalue weighted by Gasteiger charge is 2.14. The summed E-state index contributed by atoms with van der Waals surface area (Å²) in [5, 5.41) is 2.89. The summed E-state index contributed by atoms with van der Waals surface area (Å²) in [4.78, 5) is 15.4. The molecule has 0 unspecified atom stereocenters. The molecule has 0 atom stereocenters. The van der Waals surface area contributed by atoms with E-state index in [-0.39, 0.29) is 11.7 Å². The molecule has 0 radical (unpaired) electrons. The van der Waals surface area contributed by atoms with Crippen molar-refractivity contribution in [3.63, 3.8) is 0 Å². The van der Waals surface area contributed by atoms with E-state index in [4.69, 9.17) is 4.42 Å². The fraction of sp³-hybridized carbons (Fsp3) is 0.556. The Labute approximate surface area is 77.3 Å². The van der Waals surface area contributed by atoms with Gasteiger partial charge < -0.3 is 9.73 Å². The van der Waals surface area contributed by atoms with Gasteiger partial charge in [0.05, 0.1) is 0 Å². The van der Waals surface area contributed by atoms with Crippen LogP contribution in [0, 0.1) is 5.92 Å². The topological polar surface area (TPSA) is 55.1 Å². The predicted octanol–water partition coefficient (Wildman–Crippen LogP) is 1.95. The van der Waals surface area contributed by atoms with Crippen molar-refractivity contribution in [1.82, 2.24) is 4.98 Å². The molecular formula is C9H14N2O2. The molecule has 0 amide bonds. The second kappa shape index (κ2) is 4.07. The molecule has 0 aromatic carbocycles. The Morgan fingerprint density at radius 3 is 2.92 bits per heavy atom. The highest BCUT2D eigenvalue weighted by Crippen LogP contribution is 2.11. The van der Waals surface area contributed by atoms with E-state index in [0.29, 0.717) is 11.7 Å². The molecule has 1 heterocycles. The molecule has 4 heteroatoms. The van der Waals surface area contributed by atoms with Gasteiger partial charge in [0.1, 0.15) is 12.0 Å². The van der Waals surface area contributed by atoms with Gasteiger partial charge in [0, 0.05) is 12.5 Å². The van der Waals surface area contributed by atoms with Gasteiger partial charge in [-0.2, -0.15) is 4.98 Å². The molecule has 1 aromatic heterocycles. The van der Waals surface area contributed by atoms with E-state index in [2.05, 4.69) is 10.3 Å². The van der Waals surface area contributed by atoms with E-state index in [0.717, 1.165) is 6.54 Å². The molecule has 13 heavy (non-hydrogen) atoms. The zero-order valence-electron chi connectivity index (χ0n) is 8.13. The van der Waals surface area contributed by atoms with Gasteiger partial charge in [-0.15, -0.1) is 0 Å². The van der Waals surface area contributed by atoms with Crippen LogP contribution >= 0.6 is 0 Å². The van der Waals surface area contributed by atoms with Gasteiger partial charge in [-0.05, 0) is 6.92 Å². The zero-order chi connectivity index (χ0) is 9.84. The highest BCUT2D eigenvalue weighted by atomic mass is 16.4. The van der Waals surface area contributed by atoms with Gasteiger partial charge in [0.25, 0.3) is 6.01 Å². The number of carbonyl (C=O) groups excluding carboxylic acids is 1. The number of hydrogen-bond acceptors (Lipinski definition) is 4. The normalized spacial score (nSPS) is 10.5. The van der Waals surface area contributed by atoms with E-state index in [1.807, 2.05) is 20.8 Å². The summed E-state index contributed by atoms with van der Waals surface area (Å²) in [5.74, 6) is -0.0347. The summed E-state index contributed by atoms with van der Waals surface area (Å²) >= 11 is 0. The van der Waals surface area contributed by atoms with E-state index >= 15 is 0 Å². The maximum atomic E-state index is 11.4. The Morgan fingerprint density at radius 1 is 1.69 bits per heavy atom. The molecule has 4 nitrogen and oxygen atoms in total. The maximum Gasteiger partial charge on any atom is 0.295 e. The number of Topliss-reactive ketones (excluding diaryl/α,β-unsaturated/α-hetero) is 1. The number of anilines is 1. The molecule has 0 saturated heterocycles. The third-order valence-electron chi connectivity index (χ3n) is 1.61. The molecule has 0 fully saturated rings. The lowest BCUT2D eigenvalue weighted by Gasteiger charge is -1.97. The van der Waals surface area contributed by atoms with Crippen molar-refractivity contribution < 1.29 is 9.21 Å². The van der Waals surface area contributed by atoms with Gasteiger partial charge in [-0.25, -0.2) is 0 Å².